The number of ether oxygens (including phenoxy) is 2. The second-order valence-corrected chi connectivity index (χ2v) is 23.3. The fourth-order valence-corrected chi connectivity index (χ4v) is 13.5. The quantitative estimate of drug-likeness (QED) is 0.0810. The van der Waals surface area contributed by atoms with Crippen LogP contribution in [0.25, 0.3) is 21.7 Å². The van der Waals surface area contributed by atoms with Crippen molar-refractivity contribution in [3.05, 3.63) is 88.8 Å². The number of hydrogen-bond acceptors (Lipinski definition) is 15. The Kier molecular flexibility index (Phi) is 15.9. The van der Waals surface area contributed by atoms with Crippen LogP contribution in [0.3, 0.4) is 0 Å². The van der Waals surface area contributed by atoms with Crippen LogP contribution in [0.4, 0.5) is 11.5 Å². The number of thiazole rings is 1. The van der Waals surface area contributed by atoms with Gasteiger partial charge in [0.2, 0.25) is 5.91 Å². The second kappa shape index (κ2) is 22.5. The highest BCUT2D eigenvalue weighted by Gasteiger charge is 2.44. The number of morpholine rings is 1. The molecule has 1 amide bonds. The number of amides is 1. The van der Waals surface area contributed by atoms with Gasteiger partial charge in [-0.05, 0) is 138 Å². The Balaban J connectivity index is 0.637. The lowest BCUT2D eigenvalue weighted by atomic mass is 9.77. The number of nitrogens with two attached hydrogens (primary N) is 1. The van der Waals surface area contributed by atoms with Gasteiger partial charge in [-0.15, -0.1) is 21.5 Å². The van der Waals surface area contributed by atoms with Gasteiger partial charge in [-0.1, -0.05) is 62.4 Å². The Morgan fingerprint density at radius 2 is 1.73 bits per heavy atom. The molecular weight excluding hydrogens is 937 g/mol. The first-order valence-electron chi connectivity index (χ1n) is 27.2. The summed E-state index contributed by atoms with van der Waals surface area (Å²) in [6, 6.07) is 21.3. The van der Waals surface area contributed by atoms with Crippen LogP contribution in [-0.2, 0) is 9.53 Å². The van der Waals surface area contributed by atoms with Crippen molar-refractivity contribution in [2.75, 3.05) is 76.2 Å². The molecule has 4 aliphatic heterocycles. The van der Waals surface area contributed by atoms with E-state index in [4.69, 9.17) is 19.7 Å². The number of hydrogen-bond donors (Lipinski definition) is 3. The summed E-state index contributed by atoms with van der Waals surface area (Å²) < 4.78 is 18.6. The maximum Gasteiger partial charge on any atom is 0.254 e. The number of nitrogens with one attached hydrogen (secondary N) is 1. The van der Waals surface area contributed by atoms with Gasteiger partial charge < -0.3 is 44.9 Å². The van der Waals surface area contributed by atoms with Crippen molar-refractivity contribution in [2.24, 2.45) is 17.8 Å². The molecule has 7 heterocycles. The highest BCUT2D eigenvalue weighted by Crippen LogP contribution is 2.40. The molecule has 0 bridgehead atoms. The van der Waals surface area contributed by atoms with Gasteiger partial charge in [0.15, 0.2) is 11.6 Å². The second-order valence-electron chi connectivity index (χ2n) is 22.5. The van der Waals surface area contributed by atoms with E-state index in [0.29, 0.717) is 49.0 Å². The third-order valence-corrected chi connectivity index (χ3v) is 18.1. The molecule has 73 heavy (non-hydrogen) atoms. The fraction of sp³-hybridized carbons (Fsp3) is 0.596. The number of nitrogens with zero attached hydrogens (tertiary/aromatic N) is 8. The summed E-state index contributed by atoms with van der Waals surface area (Å²) in [6.45, 7) is 21.4. The largest absolute Gasteiger partial charge is 0.475 e. The first kappa shape index (κ1) is 51.5. The zero-order valence-electron chi connectivity index (χ0n) is 43.9. The molecule has 5 aliphatic rings. The van der Waals surface area contributed by atoms with Crippen molar-refractivity contribution >= 4 is 28.7 Å². The average molecular weight is 1020 g/mol. The van der Waals surface area contributed by atoms with Gasteiger partial charge >= 0.3 is 0 Å². The summed E-state index contributed by atoms with van der Waals surface area (Å²) in [6.07, 6.45) is 7.81. The number of carbonyl (C=O) groups is 1. The number of aromatic nitrogens is 4. The number of aliphatic hydroxyl groups excluding tert-OH is 1. The van der Waals surface area contributed by atoms with Crippen LogP contribution < -0.4 is 20.7 Å². The van der Waals surface area contributed by atoms with Crippen molar-refractivity contribution in [3.63, 3.8) is 0 Å². The van der Waals surface area contributed by atoms with Gasteiger partial charge in [0, 0.05) is 75.1 Å². The number of aliphatic hydroxyl groups is 1. The van der Waals surface area contributed by atoms with E-state index in [1.807, 2.05) is 43.3 Å². The fourth-order valence-electron chi connectivity index (χ4n) is 12.7. The van der Waals surface area contributed by atoms with Crippen molar-refractivity contribution in [1.29, 1.82) is 0 Å². The minimum atomic E-state index is -0.585. The maximum atomic E-state index is 14.4. The zero-order chi connectivity index (χ0) is 50.8. The third kappa shape index (κ3) is 11.6. The molecule has 1 aliphatic carbocycles. The molecule has 0 radical (unpaired) electrons. The molecule has 4 saturated heterocycles. The first-order chi connectivity index (χ1) is 35.3. The number of anilines is 2. The highest BCUT2D eigenvalue weighted by molar-refractivity contribution is 7.13. The minimum Gasteiger partial charge on any atom is -0.475 e. The number of benzene rings is 2. The van der Waals surface area contributed by atoms with E-state index in [9.17, 15) is 9.90 Å². The summed E-state index contributed by atoms with van der Waals surface area (Å²) >= 11 is 1.65. The van der Waals surface area contributed by atoms with Crippen molar-refractivity contribution in [3.8, 4) is 27.6 Å². The van der Waals surface area contributed by atoms with Gasteiger partial charge in [-0.25, -0.2) is 4.98 Å². The smallest absolute Gasteiger partial charge is 0.254 e. The van der Waals surface area contributed by atoms with Crippen molar-refractivity contribution in [2.45, 2.75) is 135 Å². The van der Waals surface area contributed by atoms with Gasteiger partial charge in [0.1, 0.15) is 5.92 Å². The molecule has 392 valence electrons. The molecule has 1 saturated carbocycles. The van der Waals surface area contributed by atoms with Gasteiger partial charge in [0.05, 0.1) is 52.4 Å². The van der Waals surface area contributed by atoms with E-state index in [1.54, 1.807) is 17.4 Å². The van der Waals surface area contributed by atoms with Crippen LogP contribution in [0.1, 0.15) is 114 Å². The first-order valence-corrected chi connectivity index (χ1v) is 28.1. The molecule has 5 fully saturated rings. The van der Waals surface area contributed by atoms with Crippen LogP contribution in [0.15, 0.2) is 70.7 Å². The Hall–Kier alpha value is -4.97. The van der Waals surface area contributed by atoms with Crippen LogP contribution in [0, 0.1) is 31.6 Å². The number of piperidine rings is 2. The Bertz CT molecular complexity index is 2620. The van der Waals surface area contributed by atoms with Crippen LogP contribution in [0.2, 0.25) is 0 Å². The zero-order valence-corrected chi connectivity index (χ0v) is 44.7. The standard InChI is InChI=1S/C57H78N10O5S/c1-36(2)53(56(69)67-33-46(68)29-49(67)39(5)60-38(4)43-11-13-44(14-12-43)54-40(6)59-35-73-54)51-31-52(63-72-51)70-25-17-41-15-20-65(21-16-41)45-27-42(28-45)32-64-24-26-71-57(34-64)18-22-66(23-19-57)50-30-48(61-62-55(50)58)47-10-8-7-9-37(47)3/h7-14,30-31,35-36,38-39,41-42,45-46,49,53,60,68H,15-29,32-34H2,1-6H3,(H2,58,62)/t38-,39?,42?,45?,46+,49-,53?/m0/s1. The maximum absolute atomic E-state index is 14.4. The number of β-amino-alcohol motifs (C(OH)–C–C–N with tert-alkyl or cyclic N) is 1. The lowest BCUT2D eigenvalue weighted by Gasteiger charge is -2.50. The Morgan fingerprint density at radius 3 is 2.45 bits per heavy atom. The van der Waals surface area contributed by atoms with Gasteiger partial charge in [0.25, 0.3) is 5.88 Å². The number of likely N-dealkylation sites (tertiary alicyclic amines) is 2. The predicted octanol–water partition coefficient (Wildman–Crippen LogP) is 8.53. The summed E-state index contributed by atoms with van der Waals surface area (Å²) in [4.78, 5) is 29.7. The van der Waals surface area contributed by atoms with E-state index in [0.717, 1.165) is 93.7 Å². The van der Waals surface area contributed by atoms with Gasteiger partial charge in [-0.2, -0.15) is 0 Å². The normalized spacial score (nSPS) is 24.2. The molecule has 2 aromatic carbocycles. The predicted molar refractivity (Wildman–Crippen MR) is 288 cm³/mol. The summed E-state index contributed by atoms with van der Waals surface area (Å²) in [5.74, 6) is 2.18. The summed E-state index contributed by atoms with van der Waals surface area (Å²) in [7, 11) is 0. The summed E-state index contributed by atoms with van der Waals surface area (Å²) in [5, 5.41) is 27.7. The van der Waals surface area contributed by atoms with E-state index in [1.165, 1.54) is 53.8 Å². The van der Waals surface area contributed by atoms with E-state index in [2.05, 4.69) is 104 Å². The number of carbonyl (C=O) groups excluding carboxylic acids is 1. The van der Waals surface area contributed by atoms with Crippen LogP contribution >= 0.6 is 11.3 Å². The lowest BCUT2D eigenvalue weighted by Crippen LogP contribution is -2.58. The third-order valence-electron chi connectivity index (χ3n) is 17.1. The Labute approximate surface area is 436 Å². The Morgan fingerprint density at radius 1 is 0.959 bits per heavy atom. The molecule has 10 rings (SSSR count). The van der Waals surface area contributed by atoms with Crippen LogP contribution in [-0.4, -0.2) is 141 Å². The lowest BCUT2D eigenvalue weighted by molar-refractivity contribution is -0.136. The molecule has 5 atom stereocenters. The molecule has 4 N–H and O–H groups in total. The number of rotatable bonds is 17. The minimum absolute atomic E-state index is 0.0382. The summed E-state index contributed by atoms with van der Waals surface area (Å²) in [5.41, 5.74) is 15.7. The van der Waals surface area contributed by atoms with Crippen molar-refractivity contribution < 1.29 is 23.9 Å². The van der Waals surface area contributed by atoms with Crippen molar-refractivity contribution in [1.82, 2.24) is 40.4 Å². The molecular formula is C57H78N10O5S. The molecule has 3 aromatic heterocycles. The molecule has 5 aromatic rings. The van der Waals surface area contributed by atoms with E-state index >= 15 is 0 Å². The molecule has 15 nitrogen and oxygen atoms in total. The topological polar surface area (TPSA) is 171 Å². The number of nitrogen functional groups attached to an aromatic ring is 1. The molecule has 16 heteroatoms. The van der Waals surface area contributed by atoms with Gasteiger partial charge in [-0.3, -0.25) is 9.69 Å². The van der Waals surface area contributed by atoms with Crippen LogP contribution in [0.5, 0.6) is 5.88 Å². The van der Waals surface area contributed by atoms with E-state index < -0.39 is 12.0 Å². The molecule has 1 spiro atoms. The SMILES string of the molecule is Cc1ccccc1-c1cc(N2CCC3(CC2)CN(CC2CC(N4CCC(CCOc5cc(C(C(=O)N6C[C@H](O)C[C@H]6C(C)N[C@@H](C)c6ccc(-c7scnc7C)cc6)C(C)C)on5)CC4)C2)CCO3)c(N)nn1. The molecule has 2 unspecified atom stereocenters. The number of aryl methyl sites for hydroxylation is 2. The highest BCUT2D eigenvalue weighted by atomic mass is 32.1. The average Bonchev–Trinajstić information content (AvgIpc) is 4.13. The van der Waals surface area contributed by atoms with E-state index in [-0.39, 0.29) is 35.6 Å². The monoisotopic (exact) mass is 1010 g/mol.